The Hall–Kier alpha value is -0.910. The van der Waals surface area contributed by atoms with E-state index in [0.29, 0.717) is 4.90 Å². The summed E-state index contributed by atoms with van der Waals surface area (Å²) in [5.74, 6) is -0.177. The molecule has 96 valence electrons. The fraction of sp³-hybridized carbons (Fsp3) is 0.500. The highest BCUT2D eigenvalue weighted by molar-refractivity contribution is 7.91. The number of aryl methyl sites for hydroxylation is 2. The Bertz CT molecular complexity index is 475. The topological polar surface area (TPSA) is 52.6 Å². The maximum Gasteiger partial charge on any atom is 0.183 e. The zero-order valence-corrected chi connectivity index (χ0v) is 11.4. The first-order valence-corrected chi connectivity index (χ1v) is 6.91. The average Bonchev–Trinajstić information content (AvgIpc) is 2.25. The molecular formula is C12H18O4S. The molecule has 0 aliphatic rings. The minimum absolute atomic E-state index is 0.177. The molecule has 0 atom stereocenters. The lowest BCUT2D eigenvalue weighted by Crippen LogP contribution is -2.25. The van der Waals surface area contributed by atoms with Crippen molar-refractivity contribution in [3.05, 3.63) is 29.3 Å². The second kappa shape index (κ2) is 5.62. The van der Waals surface area contributed by atoms with E-state index in [1.54, 1.807) is 19.1 Å². The van der Waals surface area contributed by atoms with E-state index in [9.17, 15) is 8.42 Å². The smallest absolute Gasteiger partial charge is 0.183 e. The predicted octanol–water partition coefficient (Wildman–Crippen LogP) is 1.70. The Morgan fingerprint density at radius 1 is 1.18 bits per heavy atom. The molecule has 0 bridgehead atoms. The third-order valence-corrected chi connectivity index (χ3v) is 4.39. The van der Waals surface area contributed by atoms with Gasteiger partial charge in [-0.2, -0.15) is 0 Å². The van der Waals surface area contributed by atoms with Crippen LogP contribution in [0.4, 0.5) is 0 Å². The van der Waals surface area contributed by atoms with Crippen molar-refractivity contribution in [3.8, 4) is 0 Å². The van der Waals surface area contributed by atoms with E-state index >= 15 is 0 Å². The fourth-order valence-corrected chi connectivity index (χ4v) is 3.28. The summed E-state index contributed by atoms with van der Waals surface area (Å²) < 4.78 is 34.1. The van der Waals surface area contributed by atoms with E-state index in [4.69, 9.17) is 9.47 Å². The van der Waals surface area contributed by atoms with Crippen LogP contribution in [-0.2, 0) is 19.3 Å². The molecule has 0 saturated heterocycles. The lowest BCUT2D eigenvalue weighted by atomic mass is 10.2. The van der Waals surface area contributed by atoms with Crippen LogP contribution in [0.5, 0.6) is 0 Å². The van der Waals surface area contributed by atoms with Crippen LogP contribution in [0.1, 0.15) is 11.1 Å². The van der Waals surface area contributed by atoms with Crippen molar-refractivity contribution < 1.29 is 17.9 Å². The van der Waals surface area contributed by atoms with Gasteiger partial charge in [0.2, 0.25) is 0 Å². The molecule has 1 rings (SSSR count). The van der Waals surface area contributed by atoms with Crippen LogP contribution < -0.4 is 0 Å². The van der Waals surface area contributed by atoms with Gasteiger partial charge in [0.05, 0.1) is 4.90 Å². The highest BCUT2D eigenvalue weighted by Gasteiger charge is 2.22. The molecule has 0 unspecified atom stereocenters. The zero-order valence-electron chi connectivity index (χ0n) is 10.6. The fourth-order valence-electron chi connectivity index (χ4n) is 1.65. The van der Waals surface area contributed by atoms with E-state index in [0.717, 1.165) is 11.1 Å². The van der Waals surface area contributed by atoms with Gasteiger partial charge in [-0.05, 0) is 25.5 Å². The first-order chi connectivity index (χ1) is 7.90. The van der Waals surface area contributed by atoms with Crippen molar-refractivity contribution in [2.24, 2.45) is 0 Å². The van der Waals surface area contributed by atoms with Crippen LogP contribution in [0.2, 0.25) is 0 Å². The second-order valence-corrected chi connectivity index (χ2v) is 5.95. The maximum absolute atomic E-state index is 12.1. The molecule has 0 fully saturated rings. The number of rotatable bonds is 5. The zero-order chi connectivity index (χ0) is 13.1. The van der Waals surface area contributed by atoms with Crippen molar-refractivity contribution in [1.29, 1.82) is 0 Å². The third kappa shape index (κ3) is 3.52. The summed E-state index contributed by atoms with van der Waals surface area (Å²) in [7, 11) is -0.537. The van der Waals surface area contributed by atoms with Gasteiger partial charge in [-0.25, -0.2) is 8.42 Å². The van der Waals surface area contributed by atoms with Crippen LogP contribution in [-0.4, -0.2) is 34.7 Å². The van der Waals surface area contributed by atoms with E-state index in [-0.39, 0.29) is 5.75 Å². The lowest BCUT2D eigenvalue weighted by Gasteiger charge is -2.14. The van der Waals surface area contributed by atoms with Crippen molar-refractivity contribution in [3.63, 3.8) is 0 Å². The van der Waals surface area contributed by atoms with Crippen LogP contribution in [0.15, 0.2) is 23.1 Å². The summed E-state index contributed by atoms with van der Waals surface area (Å²) in [4.78, 5) is 0.335. The van der Waals surface area contributed by atoms with Gasteiger partial charge in [0.15, 0.2) is 16.1 Å². The number of hydrogen-bond acceptors (Lipinski definition) is 4. The Morgan fingerprint density at radius 3 is 2.24 bits per heavy atom. The van der Waals surface area contributed by atoms with Crippen LogP contribution >= 0.6 is 0 Å². The summed E-state index contributed by atoms with van der Waals surface area (Å²) >= 11 is 0. The van der Waals surface area contributed by atoms with Crippen molar-refractivity contribution in [1.82, 2.24) is 0 Å². The molecule has 0 N–H and O–H groups in total. The van der Waals surface area contributed by atoms with Gasteiger partial charge in [-0.3, -0.25) is 0 Å². The molecule has 0 amide bonds. The number of ether oxygens (including phenoxy) is 2. The van der Waals surface area contributed by atoms with Gasteiger partial charge in [0, 0.05) is 14.2 Å². The van der Waals surface area contributed by atoms with Gasteiger partial charge in [0.25, 0.3) is 0 Å². The van der Waals surface area contributed by atoms with Gasteiger partial charge >= 0.3 is 0 Å². The molecular weight excluding hydrogens is 240 g/mol. The van der Waals surface area contributed by atoms with Crippen LogP contribution in [0.3, 0.4) is 0 Å². The quantitative estimate of drug-likeness (QED) is 0.754. The molecule has 1 aromatic rings. The average molecular weight is 258 g/mol. The first kappa shape index (κ1) is 14.2. The number of sulfone groups is 1. The van der Waals surface area contributed by atoms with Crippen molar-refractivity contribution in [2.45, 2.75) is 25.0 Å². The minimum Gasteiger partial charge on any atom is -0.355 e. The number of methoxy groups -OCH3 is 2. The van der Waals surface area contributed by atoms with Gasteiger partial charge in [0.1, 0.15) is 5.75 Å². The Labute approximate surface area is 102 Å². The summed E-state index contributed by atoms with van der Waals surface area (Å²) in [5.41, 5.74) is 1.78. The molecule has 1 aromatic carbocycles. The summed E-state index contributed by atoms with van der Waals surface area (Å²) in [5, 5.41) is 0. The molecule has 17 heavy (non-hydrogen) atoms. The Kier molecular flexibility index (Phi) is 4.68. The van der Waals surface area contributed by atoms with Crippen LogP contribution in [0.25, 0.3) is 0 Å². The summed E-state index contributed by atoms with van der Waals surface area (Å²) in [6.07, 6.45) is -0.735. The highest BCUT2D eigenvalue weighted by Crippen LogP contribution is 2.19. The molecule has 0 aromatic heterocycles. The third-order valence-electron chi connectivity index (χ3n) is 2.55. The van der Waals surface area contributed by atoms with Gasteiger partial charge in [-0.15, -0.1) is 0 Å². The molecule has 4 nitrogen and oxygen atoms in total. The summed E-state index contributed by atoms with van der Waals surface area (Å²) in [6.45, 7) is 3.71. The van der Waals surface area contributed by atoms with E-state index < -0.39 is 16.1 Å². The normalized spacial score (nSPS) is 12.1. The highest BCUT2D eigenvalue weighted by atomic mass is 32.2. The van der Waals surface area contributed by atoms with Crippen molar-refractivity contribution >= 4 is 9.84 Å². The Morgan fingerprint density at radius 2 is 1.76 bits per heavy atom. The predicted molar refractivity (Wildman–Crippen MR) is 65.8 cm³/mol. The molecule has 0 aliphatic heterocycles. The van der Waals surface area contributed by atoms with E-state index in [1.807, 2.05) is 13.0 Å². The molecule has 0 aliphatic carbocycles. The molecule has 5 heteroatoms. The van der Waals surface area contributed by atoms with Crippen LogP contribution in [0, 0.1) is 13.8 Å². The van der Waals surface area contributed by atoms with Gasteiger partial charge < -0.3 is 9.47 Å². The maximum atomic E-state index is 12.1. The van der Waals surface area contributed by atoms with E-state index in [2.05, 4.69) is 0 Å². The standard InChI is InChI=1S/C12H18O4S/c1-9-5-6-11(10(2)7-9)17(13,14)8-12(15-3)16-4/h5-7,12H,8H2,1-4H3. The monoisotopic (exact) mass is 258 g/mol. The van der Waals surface area contributed by atoms with Crippen molar-refractivity contribution in [2.75, 3.05) is 20.0 Å². The Balaban J connectivity index is 3.05. The minimum atomic E-state index is -3.38. The largest absolute Gasteiger partial charge is 0.355 e. The summed E-state index contributed by atoms with van der Waals surface area (Å²) in [6, 6.07) is 5.26. The molecule has 0 heterocycles. The lowest BCUT2D eigenvalue weighted by molar-refractivity contribution is -0.0851. The molecule has 0 saturated carbocycles. The van der Waals surface area contributed by atoms with E-state index in [1.165, 1.54) is 14.2 Å². The first-order valence-electron chi connectivity index (χ1n) is 5.26. The molecule has 0 spiro atoms. The van der Waals surface area contributed by atoms with Gasteiger partial charge in [-0.1, -0.05) is 17.7 Å². The number of hydrogen-bond donors (Lipinski definition) is 0. The second-order valence-electron chi connectivity index (χ2n) is 3.95. The SMILES string of the molecule is COC(CS(=O)(=O)c1ccc(C)cc1C)OC. The molecule has 0 radical (unpaired) electrons. The number of benzene rings is 1.